The molecule has 0 bridgehead atoms. The van der Waals surface area contributed by atoms with Crippen LogP contribution in [0.1, 0.15) is 30.1 Å². The Morgan fingerprint density at radius 2 is 2.14 bits per heavy atom. The van der Waals surface area contributed by atoms with Crippen molar-refractivity contribution in [3.05, 3.63) is 29.8 Å². The molecule has 4 nitrogen and oxygen atoms in total. The number of hydrogen-bond acceptors (Lipinski definition) is 3. The summed E-state index contributed by atoms with van der Waals surface area (Å²) >= 11 is 0. The minimum atomic E-state index is 0.483. The van der Waals surface area contributed by atoms with Gasteiger partial charge in [0, 0.05) is 5.92 Å². The third kappa shape index (κ3) is 5.48. The minimum Gasteiger partial charge on any atom is -0.490 e. The van der Waals surface area contributed by atoms with Crippen LogP contribution in [0.15, 0.2) is 24.3 Å². The van der Waals surface area contributed by atoms with E-state index in [1.54, 1.807) is 11.0 Å². The van der Waals surface area contributed by atoms with Gasteiger partial charge in [0.05, 0.1) is 31.9 Å². The second-order valence-electron chi connectivity index (χ2n) is 5.82. The fourth-order valence-corrected chi connectivity index (χ4v) is 2.86. The number of nitrogens with one attached hydrogen (secondary N) is 1. The SMILES string of the molecule is C[C@@H]1CCC[NH+](CCOCCOc2ccccc2C=O)C1. The first-order valence-electron chi connectivity index (χ1n) is 7.88. The van der Waals surface area contributed by atoms with Gasteiger partial charge in [-0.2, -0.15) is 0 Å². The van der Waals surface area contributed by atoms with Crippen LogP contribution in [-0.4, -0.2) is 45.7 Å². The van der Waals surface area contributed by atoms with Crippen LogP contribution in [-0.2, 0) is 4.74 Å². The van der Waals surface area contributed by atoms with Gasteiger partial charge >= 0.3 is 0 Å². The number of likely N-dealkylation sites (tertiary alicyclic amines) is 1. The highest BCUT2D eigenvalue weighted by Gasteiger charge is 2.18. The van der Waals surface area contributed by atoms with Gasteiger partial charge in [0.2, 0.25) is 0 Å². The van der Waals surface area contributed by atoms with E-state index in [-0.39, 0.29) is 0 Å². The zero-order chi connectivity index (χ0) is 14.9. The van der Waals surface area contributed by atoms with Crippen molar-refractivity contribution in [3.63, 3.8) is 0 Å². The highest BCUT2D eigenvalue weighted by molar-refractivity contribution is 5.79. The predicted octanol–water partition coefficient (Wildman–Crippen LogP) is 1.21. The molecule has 0 radical (unpaired) electrons. The lowest BCUT2D eigenvalue weighted by Crippen LogP contribution is -3.14. The van der Waals surface area contributed by atoms with E-state index in [1.165, 1.54) is 25.9 Å². The molecular weight excluding hydrogens is 266 g/mol. The number of carbonyl (C=O) groups is 1. The Morgan fingerprint density at radius 1 is 1.29 bits per heavy atom. The van der Waals surface area contributed by atoms with Crippen molar-refractivity contribution in [1.82, 2.24) is 0 Å². The molecule has 0 saturated carbocycles. The third-order valence-electron chi connectivity index (χ3n) is 4.00. The first-order chi connectivity index (χ1) is 10.3. The molecule has 1 aliphatic heterocycles. The molecule has 0 spiro atoms. The first-order valence-corrected chi connectivity index (χ1v) is 7.88. The van der Waals surface area contributed by atoms with E-state index < -0.39 is 0 Å². The highest BCUT2D eigenvalue weighted by atomic mass is 16.5. The Morgan fingerprint density at radius 3 is 2.95 bits per heavy atom. The number of para-hydroxylation sites is 1. The molecule has 1 heterocycles. The number of ether oxygens (including phenoxy) is 2. The molecule has 1 unspecified atom stereocenters. The zero-order valence-corrected chi connectivity index (χ0v) is 12.8. The maximum absolute atomic E-state index is 10.9. The third-order valence-corrected chi connectivity index (χ3v) is 4.00. The van der Waals surface area contributed by atoms with Gasteiger partial charge in [-0.05, 0) is 25.0 Å². The summed E-state index contributed by atoms with van der Waals surface area (Å²) in [4.78, 5) is 12.5. The molecular formula is C17H26NO3+. The quantitative estimate of drug-likeness (QED) is 0.578. The van der Waals surface area contributed by atoms with Gasteiger partial charge in [-0.15, -0.1) is 0 Å². The van der Waals surface area contributed by atoms with Crippen molar-refractivity contribution in [2.75, 3.05) is 39.5 Å². The summed E-state index contributed by atoms with van der Waals surface area (Å²) in [6, 6.07) is 7.26. The summed E-state index contributed by atoms with van der Waals surface area (Å²) in [5.74, 6) is 1.48. The second-order valence-corrected chi connectivity index (χ2v) is 5.82. The molecule has 1 saturated heterocycles. The number of benzene rings is 1. The average Bonchev–Trinajstić information content (AvgIpc) is 2.51. The van der Waals surface area contributed by atoms with Crippen LogP contribution in [0.25, 0.3) is 0 Å². The smallest absolute Gasteiger partial charge is 0.153 e. The van der Waals surface area contributed by atoms with E-state index in [0.717, 1.165) is 25.4 Å². The van der Waals surface area contributed by atoms with E-state index in [4.69, 9.17) is 9.47 Å². The molecule has 1 aliphatic rings. The molecule has 0 aromatic heterocycles. The molecule has 4 heteroatoms. The molecule has 116 valence electrons. The fraction of sp³-hybridized carbons (Fsp3) is 0.588. The predicted molar refractivity (Wildman–Crippen MR) is 82.1 cm³/mol. The van der Waals surface area contributed by atoms with E-state index in [1.807, 2.05) is 18.2 Å². The Balaban J connectivity index is 1.57. The summed E-state index contributed by atoms with van der Waals surface area (Å²) in [7, 11) is 0. The largest absolute Gasteiger partial charge is 0.490 e. The monoisotopic (exact) mass is 292 g/mol. The number of rotatable bonds is 8. The lowest BCUT2D eigenvalue weighted by Gasteiger charge is -2.27. The van der Waals surface area contributed by atoms with Crippen LogP contribution in [0.4, 0.5) is 0 Å². The van der Waals surface area contributed by atoms with Crippen LogP contribution in [0.2, 0.25) is 0 Å². The Kier molecular flexibility index (Phi) is 6.70. The van der Waals surface area contributed by atoms with E-state index in [0.29, 0.717) is 24.5 Å². The summed E-state index contributed by atoms with van der Waals surface area (Å²) in [5.41, 5.74) is 0.587. The van der Waals surface area contributed by atoms with Crippen molar-refractivity contribution in [2.45, 2.75) is 19.8 Å². The van der Waals surface area contributed by atoms with Crippen molar-refractivity contribution < 1.29 is 19.2 Å². The van der Waals surface area contributed by atoms with E-state index in [2.05, 4.69) is 6.92 Å². The number of quaternary nitrogens is 1. The zero-order valence-electron chi connectivity index (χ0n) is 12.8. The summed E-state index contributed by atoms with van der Waals surface area (Å²) in [6.07, 6.45) is 3.52. The van der Waals surface area contributed by atoms with Gasteiger partial charge in [-0.3, -0.25) is 4.79 Å². The number of piperidine rings is 1. The minimum absolute atomic E-state index is 0.483. The number of hydrogen-bond donors (Lipinski definition) is 1. The summed E-state index contributed by atoms with van der Waals surface area (Å²) in [6.45, 7) is 7.78. The number of carbonyl (C=O) groups excluding carboxylic acids is 1. The van der Waals surface area contributed by atoms with E-state index in [9.17, 15) is 4.79 Å². The molecule has 1 aromatic carbocycles. The molecule has 1 N–H and O–H groups in total. The molecule has 0 amide bonds. The lowest BCUT2D eigenvalue weighted by atomic mass is 10.0. The molecule has 0 aliphatic carbocycles. The van der Waals surface area contributed by atoms with Crippen molar-refractivity contribution in [3.8, 4) is 5.75 Å². The highest BCUT2D eigenvalue weighted by Crippen LogP contribution is 2.15. The van der Waals surface area contributed by atoms with Gasteiger partial charge in [0.1, 0.15) is 18.9 Å². The topological polar surface area (TPSA) is 40.0 Å². The fourth-order valence-electron chi connectivity index (χ4n) is 2.86. The van der Waals surface area contributed by atoms with Gasteiger partial charge in [0.15, 0.2) is 6.29 Å². The molecule has 2 rings (SSSR count). The van der Waals surface area contributed by atoms with Crippen LogP contribution in [0.5, 0.6) is 5.75 Å². The second kappa shape index (κ2) is 8.80. The summed E-state index contributed by atoms with van der Waals surface area (Å²) < 4.78 is 11.2. The first kappa shape index (κ1) is 16.0. The van der Waals surface area contributed by atoms with Gasteiger partial charge in [-0.1, -0.05) is 19.1 Å². The Labute approximate surface area is 127 Å². The molecule has 1 aromatic rings. The van der Waals surface area contributed by atoms with Crippen molar-refractivity contribution in [1.29, 1.82) is 0 Å². The lowest BCUT2D eigenvalue weighted by molar-refractivity contribution is -0.908. The van der Waals surface area contributed by atoms with Crippen LogP contribution < -0.4 is 9.64 Å². The van der Waals surface area contributed by atoms with Gasteiger partial charge < -0.3 is 14.4 Å². The summed E-state index contributed by atoms with van der Waals surface area (Å²) in [5, 5.41) is 0. The Bertz CT molecular complexity index is 436. The van der Waals surface area contributed by atoms with Crippen molar-refractivity contribution >= 4 is 6.29 Å². The van der Waals surface area contributed by atoms with Crippen LogP contribution in [0.3, 0.4) is 0 Å². The van der Waals surface area contributed by atoms with Crippen LogP contribution in [0, 0.1) is 5.92 Å². The average molecular weight is 292 g/mol. The molecule has 2 atom stereocenters. The number of aldehydes is 1. The van der Waals surface area contributed by atoms with Crippen molar-refractivity contribution in [2.24, 2.45) is 5.92 Å². The maximum atomic E-state index is 10.9. The van der Waals surface area contributed by atoms with Gasteiger partial charge in [0.25, 0.3) is 0 Å². The maximum Gasteiger partial charge on any atom is 0.153 e. The standard InChI is InChI=1S/C17H25NO3/c1-15-5-4-8-18(13-15)9-10-20-11-12-21-17-7-3-2-6-16(17)14-19/h2-3,6-7,14-15H,4-5,8-13H2,1H3/p+1/t15-/m1/s1. The Hall–Kier alpha value is -1.39. The molecule has 1 fully saturated rings. The van der Waals surface area contributed by atoms with Gasteiger partial charge in [-0.25, -0.2) is 0 Å². The molecule has 21 heavy (non-hydrogen) atoms. The van der Waals surface area contributed by atoms with Crippen LogP contribution >= 0.6 is 0 Å². The normalized spacial score (nSPS) is 22.0. The van der Waals surface area contributed by atoms with E-state index >= 15 is 0 Å².